The van der Waals surface area contributed by atoms with Crippen LogP contribution in [0.25, 0.3) is 0 Å². The van der Waals surface area contributed by atoms with Crippen LogP contribution in [0.15, 0.2) is 47.4 Å². The number of aromatic nitrogens is 1. The van der Waals surface area contributed by atoms with Crippen LogP contribution < -0.4 is 15.6 Å². The summed E-state index contributed by atoms with van der Waals surface area (Å²) in [6.07, 6.45) is 2.30. The molecule has 6 nitrogen and oxygen atoms in total. The number of hydrogen-bond acceptors (Lipinski definition) is 3. The monoisotopic (exact) mass is 329 g/mol. The standard InChI is InChI=1S/C18H23N3O3/c1-13(12-14-8-5-6-10-16(14)24-4)21(3)18(23)19-15-9-7-11-20(2)17(15)22/h5-11,13H,12H2,1-4H3,(H,19,23)/t13-/m0/s1. The van der Waals surface area contributed by atoms with Gasteiger partial charge in [0.25, 0.3) is 5.56 Å². The molecule has 0 bridgehead atoms. The van der Waals surface area contributed by atoms with Crippen molar-refractivity contribution < 1.29 is 9.53 Å². The van der Waals surface area contributed by atoms with Crippen molar-refractivity contribution in [3.8, 4) is 5.75 Å². The first-order valence-corrected chi connectivity index (χ1v) is 7.75. The molecule has 0 aliphatic heterocycles. The van der Waals surface area contributed by atoms with Crippen molar-refractivity contribution in [1.29, 1.82) is 0 Å². The predicted octanol–water partition coefficient (Wildman–Crippen LogP) is 2.49. The van der Waals surface area contributed by atoms with Gasteiger partial charge in [-0.3, -0.25) is 4.79 Å². The van der Waals surface area contributed by atoms with E-state index in [9.17, 15) is 9.59 Å². The molecule has 0 fully saturated rings. The van der Waals surface area contributed by atoms with Crippen molar-refractivity contribution in [2.24, 2.45) is 7.05 Å². The number of carbonyl (C=O) groups is 1. The fourth-order valence-electron chi connectivity index (χ4n) is 2.42. The molecule has 1 N–H and O–H groups in total. The van der Waals surface area contributed by atoms with E-state index in [4.69, 9.17) is 4.74 Å². The van der Waals surface area contributed by atoms with Crippen LogP contribution in [0.3, 0.4) is 0 Å². The second-order valence-electron chi connectivity index (χ2n) is 5.74. The van der Waals surface area contributed by atoms with Crippen LogP contribution in [0.1, 0.15) is 12.5 Å². The molecule has 2 rings (SSSR count). The third-order valence-corrected chi connectivity index (χ3v) is 4.05. The Labute approximate surface area is 141 Å². The number of ether oxygens (including phenoxy) is 1. The zero-order valence-electron chi connectivity index (χ0n) is 14.4. The van der Waals surface area contributed by atoms with Gasteiger partial charge in [-0.1, -0.05) is 18.2 Å². The van der Waals surface area contributed by atoms with Gasteiger partial charge >= 0.3 is 6.03 Å². The highest BCUT2D eigenvalue weighted by Gasteiger charge is 2.18. The quantitative estimate of drug-likeness (QED) is 0.916. The molecule has 0 saturated carbocycles. The molecule has 2 aromatic rings. The van der Waals surface area contributed by atoms with E-state index in [-0.39, 0.29) is 23.3 Å². The Hall–Kier alpha value is -2.76. The summed E-state index contributed by atoms with van der Waals surface area (Å²) in [6, 6.07) is 10.7. The lowest BCUT2D eigenvalue weighted by molar-refractivity contribution is 0.207. The molecule has 1 aromatic carbocycles. The van der Waals surface area contributed by atoms with Crippen LogP contribution in [0.2, 0.25) is 0 Å². The molecular formula is C18H23N3O3. The minimum atomic E-state index is -0.319. The Morgan fingerprint density at radius 1 is 1.29 bits per heavy atom. The SMILES string of the molecule is COc1ccccc1C[C@H](C)N(C)C(=O)Nc1cccn(C)c1=O. The number of methoxy groups -OCH3 is 1. The largest absolute Gasteiger partial charge is 0.496 e. The van der Waals surface area contributed by atoms with E-state index in [1.54, 1.807) is 44.4 Å². The van der Waals surface area contributed by atoms with Gasteiger partial charge in [0, 0.05) is 26.3 Å². The highest BCUT2D eigenvalue weighted by Crippen LogP contribution is 2.20. The van der Waals surface area contributed by atoms with Gasteiger partial charge in [0.05, 0.1) is 7.11 Å². The summed E-state index contributed by atoms with van der Waals surface area (Å²) in [6.45, 7) is 1.95. The zero-order valence-corrected chi connectivity index (χ0v) is 14.4. The first-order valence-electron chi connectivity index (χ1n) is 7.75. The molecule has 24 heavy (non-hydrogen) atoms. The average Bonchev–Trinajstić information content (AvgIpc) is 2.58. The van der Waals surface area contributed by atoms with E-state index in [1.165, 1.54) is 4.57 Å². The van der Waals surface area contributed by atoms with Gasteiger partial charge in [-0.25, -0.2) is 4.79 Å². The molecular weight excluding hydrogens is 306 g/mol. The number of para-hydroxylation sites is 1. The lowest BCUT2D eigenvalue weighted by Crippen LogP contribution is -2.40. The minimum absolute atomic E-state index is 0.0612. The topological polar surface area (TPSA) is 63.6 Å². The van der Waals surface area contributed by atoms with E-state index in [0.717, 1.165) is 11.3 Å². The number of aryl methyl sites for hydroxylation is 1. The number of likely N-dealkylation sites (N-methyl/N-ethyl adjacent to an activating group) is 1. The number of anilines is 1. The smallest absolute Gasteiger partial charge is 0.321 e. The summed E-state index contributed by atoms with van der Waals surface area (Å²) >= 11 is 0. The molecule has 2 amide bonds. The van der Waals surface area contributed by atoms with E-state index < -0.39 is 0 Å². The number of urea groups is 1. The maximum Gasteiger partial charge on any atom is 0.321 e. The summed E-state index contributed by atoms with van der Waals surface area (Å²) in [5, 5.41) is 2.67. The highest BCUT2D eigenvalue weighted by molar-refractivity contribution is 5.89. The number of nitrogens with one attached hydrogen (secondary N) is 1. The van der Waals surface area contributed by atoms with Crippen LogP contribution in [0.4, 0.5) is 10.5 Å². The van der Waals surface area contributed by atoms with Crippen LogP contribution in [-0.2, 0) is 13.5 Å². The highest BCUT2D eigenvalue weighted by atomic mass is 16.5. The number of rotatable bonds is 5. The molecule has 1 aromatic heterocycles. The Morgan fingerprint density at radius 3 is 2.71 bits per heavy atom. The van der Waals surface area contributed by atoms with Crippen molar-refractivity contribution in [2.45, 2.75) is 19.4 Å². The number of pyridine rings is 1. The summed E-state index contributed by atoms with van der Waals surface area (Å²) < 4.78 is 6.77. The molecule has 0 saturated heterocycles. The van der Waals surface area contributed by atoms with E-state index in [1.807, 2.05) is 31.2 Å². The predicted molar refractivity (Wildman–Crippen MR) is 94.6 cm³/mol. The third-order valence-electron chi connectivity index (χ3n) is 4.05. The van der Waals surface area contributed by atoms with E-state index in [0.29, 0.717) is 6.42 Å². The van der Waals surface area contributed by atoms with Gasteiger partial charge in [-0.05, 0) is 37.1 Å². The van der Waals surface area contributed by atoms with Gasteiger partial charge in [-0.15, -0.1) is 0 Å². The normalized spacial score (nSPS) is 11.7. The van der Waals surface area contributed by atoms with Crippen LogP contribution >= 0.6 is 0 Å². The number of amides is 2. The number of carbonyl (C=O) groups excluding carboxylic acids is 1. The van der Waals surface area contributed by atoms with Crippen molar-refractivity contribution in [3.63, 3.8) is 0 Å². The van der Waals surface area contributed by atoms with Gasteiger partial charge in [0.1, 0.15) is 11.4 Å². The molecule has 0 radical (unpaired) electrons. The zero-order chi connectivity index (χ0) is 17.7. The fraction of sp³-hybridized carbons (Fsp3) is 0.333. The van der Waals surface area contributed by atoms with Crippen molar-refractivity contribution in [2.75, 3.05) is 19.5 Å². The maximum atomic E-state index is 12.4. The van der Waals surface area contributed by atoms with Crippen molar-refractivity contribution in [1.82, 2.24) is 9.47 Å². The second kappa shape index (κ2) is 7.68. The van der Waals surface area contributed by atoms with Gasteiger partial charge in [0.2, 0.25) is 0 Å². The Morgan fingerprint density at radius 2 is 2.00 bits per heavy atom. The molecule has 1 heterocycles. The lowest BCUT2D eigenvalue weighted by atomic mass is 10.1. The molecule has 6 heteroatoms. The number of benzene rings is 1. The molecule has 0 spiro atoms. The fourth-order valence-corrected chi connectivity index (χ4v) is 2.42. The molecule has 1 atom stereocenters. The summed E-state index contributed by atoms with van der Waals surface area (Å²) in [5.74, 6) is 0.801. The Bertz CT molecular complexity index is 770. The van der Waals surface area contributed by atoms with E-state index >= 15 is 0 Å². The third kappa shape index (κ3) is 3.95. The number of hydrogen-bond donors (Lipinski definition) is 1. The summed E-state index contributed by atoms with van der Waals surface area (Å²) in [5.41, 5.74) is 1.06. The van der Waals surface area contributed by atoms with Crippen LogP contribution in [-0.4, -0.2) is 35.7 Å². The van der Waals surface area contributed by atoms with E-state index in [2.05, 4.69) is 5.32 Å². The van der Waals surface area contributed by atoms with Crippen molar-refractivity contribution in [3.05, 3.63) is 58.5 Å². The first kappa shape index (κ1) is 17.6. The molecule has 0 unspecified atom stereocenters. The second-order valence-corrected chi connectivity index (χ2v) is 5.74. The molecule has 0 aliphatic rings. The van der Waals surface area contributed by atoms with Crippen LogP contribution in [0, 0.1) is 0 Å². The molecule has 128 valence electrons. The Kier molecular flexibility index (Phi) is 5.63. The van der Waals surface area contributed by atoms with Gasteiger partial charge in [0.15, 0.2) is 0 Å². The first-order chi connectivity index (χ1) is 11.4. The number of nitrogens with zero attached hydrogens (tertiary/aromatic N) is 2. The maximum absolute atomic E-state index is 12.4. The van der Waals surface area contributed by atoms with Gasteiger partial charge < -0.3 is 19.5 Å². The minimum Gasteiger partial charge on any atom is -0.496 e. The molecule has 0 aliphatic carbocycles. The average molecular weight is 329 g/mol. The van der Waals surface area contributed by atoms with Crippen LogP contribution in [0.5, 0.6) is 5.75 Å². The van der Waals surface area contributed by atoms with Crippen molar-refractivity contribution >= 4 is 11.7 Å². The van der Waals surface area contributed by atoms with Gasteiger partial charge in [-0.2, -0.15) is 0 Å². The Balaban J connectivity index is 2.07. The summed E-state index contributed by atoms with van der Waals surface area (Å²) in [7, 11) is 4.99. The lowest BCUT2D eigenvalue weighted by Gasteiger charge is -2.25. The summed E-state index contributed by atoms with van der Waals surface area (Å²) in [4.78, 5) is 26.0.